The first kappa shape index (κ1) is 12.6. The molecule has 2 nitrogen and oxygen atoms in total. The molecule has 17 heavy (non-hydrogen) atoms. The summed E-state index contributed by atoms with van der Waals surface area (Å²) in [6.07, 6.45) is 4.96. The van der Waals surface area contributed by atoms with Crippen LogP contribution in [0, 0.1) is 0 Å². The van der Waals surface area contributed by atoms with Gasteiger partial charge >= 0.3 is 0 Å². The Labute approximate surface area is 104 Å². The van der Waals surface area contributed by atoms with Gasteiger partial charge in [-0.15, -0.1) is 0 Å². The van der Waals surface area contributed by atoms with Crippen molar-refractivity contribution in [1.29, 1.82) is 0 Å². The molecule has 1 aliphatic heterocycles. The van der Waals surface area contributed by atoms with Crippen molar-refractivity contribution < 1.29 is 4.74 Å². The Morgan fingerprint density at radius 3 is 2.82 bits per heavy atom. The molecule has 0 aliphatic carbocycles. The quantitative estimate of drug-likeness (QED) is 0.844. The number of rotatable bonds is 5. The predicted octanol–water partition coefficient (Wildman–Crippen LogP) is 2.91. The van der Waals surface area contributed by atoms with Gasteiger partial charge in [-0.25, -0.2) is 0 Å². The number of nitrogens with one attached hydrogen (secondary N) is 1. The summed E-state index contributed by atoms with van der Waals surface area (Å²) >= 11 is 0. The normalized spacial score (nSPS) is 24.1. The molecule has 1 fully saturated rings. The highest BCUT2D eigenvalue weighted by Crippen LogP contribution is 2.27. The third kappa shape index (κ3) is 3.08. The lowest BCUT2D eigenvalue weighted by Crippen LogP contribution is -2.41. The fraction of sp³-hybridized carbons (Fsp3) is 0.600. The van der Waals surface area contributed by atoms with Crippen LogP contribution in [0.1, 0.15) is 37.3 Å². The van der Waals surface area contributed by atoms with Crippen molar-refractivity contribution in [1.82, 2.24) is 5.32 Å². The van der Waals surface area contributed by atoms with Crippen molar-refractivity contribution in [2.24, 2.45) is 0 Å². The summed E-state index contributed by atoms with van der Waals surface area (Å²) in [5.41, 5.74) is 3.04. The Hall–Kier alpha value is -0.860. The maximum absolute atomic E-state index is 5.19. The van der Waals surface area contributed by atoms with Gasteiger partial charge in [0.2, 0.25) is 0 Å². The van der Waals surface area contributed by atoms with E-state index in [1.54, 1.807) is 7.11 Å². The average Bonchev–Trinajstić information content (AvgIpc) is 2.79. The summed E-state index contributed by atoms with van der Waals surface area (Å²) in [7, 11) is 1.75. The van der Waals surface area contributed by atoms with Crippen molar-refractivity contribution in [3.63, 3.8) is 0 Å². The van der Waals surface area contributed by atoms with Crippen LogP contribution in [-0.4, -0.2) is 19.2 Å². The molecule has 1 atom stereocenters. The lowest BCUT2D eigenvalue weighted by molar-refractivity contribution is 0.185. The van der Waals surface area contributed by atoms with Gasteiger partial charge in [0.1, 0.15) is 0 Å². The highest BCUT2D eigenvalue weighted by molar-refractivity contribution is 5.25. The predicted molar refractivity (Wildman–Crippen MR) is 71.1 cm³/mol. The van der Waals surface area contributed by atoms with Crippen molar-refractivity contribution in [3.8, 4) is 0 Å². The monoisotopic (exact) mass is 233 g/mol. The molecule has 0 bridgehead atoms. The zero-order chi connectivity index (χ0) is 12.1. The first-order valence-corrected chi connectivity index (χ1v) is 6.60. The van der Waals surface area contributed by atoms with E-state index in [1.807, 2.05) is 0 Å². The van der Waals surface area contributed by atoms with Crippen LogP contribution in [0.4, 0.5) is 0 Å². The first-order valence-electron chi connectivity index (χ1n) is 6.60. The van der Waals surface area contributed by atoms with Gasteiger partial charge in [0, 0.05) is 12.6 Å². The zero-order valence-corrected chi connectivity index (χ0v) is 11.0. The first-order chi connectivity index (χ1) is 8.28. The second-order valence-electron chi connectivity index (χ2n) is 5.09. The van der Waals surface area contributed by atoms with Gasteiger partial charge in [0.15, 0.2) is 0 Å². The highest BCUT2D eigenvalue weighted by atomic mass is 16.5. The van der Waals surface area contributed by atoms with E-state index in [0.29, 0.717) is 12.1 Å². The Bertz CT molecular complexity index is 356. The maximum Gasteiger partial charge on any atom is 0.0713 e. The molecule has 2 heteroatoms. The summed E-state index contributed by atoms with van der Waals surface area (Å²) < 4.78 is 5.19. The van der Waals surface area contributed by atoms with E-state index in [9.17, 15) is 0 Å². The average molecular weight is 233 g/mol. The molecule has 0 spiro atoms. The van der Waals surface area contributed by atoms with Crippen LogP contribution >= 0.6 is 0 Å². The topological polar surface area (TPSA) is 21.3 Å². The number of hydrogen-bond donors (Lipinski definition) is 1. The van der Waals surface area contributed by atoms with Gasteiger partial charge in [-0.3, -0.25) is 0 Å². The van der Waals surface area contributed by atoms with Gasteiger partial charge in [-0.2, -0.15) is 0 Å². The van der Waals surface area contributed by atoms with E-state index in [-0.39, 0.29) is 0 Å². The van der Waals surface area contributed by atoms with Crippen molar-refractivity contribution in [3.05, 3.63) is 35.4 Å². The third-order valence-corrected chi connectivity index (χ3v) is 3.85. The number of ether oxygens (including phenoxy) is 1. The standard InChI is InChI=1S/C15H23NO/c1-3-15(8-5-9-16-15)11-13-6-4-7-14(10-13)12-17-2/h4,6-7,10,16H,3,5,8-9,11-12H2,1-2H3. The van der Waals surface area contributed by atoms with Crippen LogP contribution in [-0.2, 0) is 17.8 Å². The van der Waals surface area contributed by atoms with Crippen LogP contribution in [0.2, 0.25) is 0 Å². The molecule has 0 amide bonds. The van der Waals surface area contributed by atoms with E-state index in [0.717, 1.165) is 6.42 Å². The Morgan fingerprint density at radius 1 is 1.35 bits per heavy atom. The Kier molecular flexibility index (Phi) is 4.19. The number of benzene rings is 1. The molecule has 94 valence electrons. The summed E-state index contributed by atoms with van der Waals surface area (Å²) in [5, 5.41) is 3.69. The molecular formula is C15H23NO. The van der Waals surface area contributed by atoms with E-state index < -0.39 is 0 Å². The summed E-state index contributed by atoms with van der Waals surface area (Å²) in [6, 6.07) is 8.78. The van der Waals surface area contributed by atoms with Crippen LogP contribution in [0.5, 0.6) is 0 Å². The van der Waals surface area contributed by atoms with E-state index in [1.165, 1.54) is 36.9 Å². The fourth-order valence-electron chi connectivity index (χ4n) is 2.83. The summed E-state index contributed by atoms with van der Waals surface area (Å²) in [5.74, 6) is 0. The van der Waals surface area contributed by atoms with E-state index in [4.69, 9.17) is 4.74 Å². The van der Waals surface area contributed by atoms with Gasteiger partial charge < -0.3 is 10.1 Å². The third-order valence-electron chi connectivity index (χ3n) is 3.85. The largest absolute Gasteiger partial charge is 0.380 e. The number of methoxy groups -OCH3 is 1. The second-order valence-corrected chi connectivity index (χ2v) is 5.09. The second kappa shape index (κ2) is 5.65. The zero-order valence-electron chi connectivity index (χ0n) is 11.0. The van der Waals surface area contributed by atoms with Crippen LogP contribution in [0.3, 0.4) is 0 Å². The Balaban J connectivity index is 2.09. The molecule has 1 N–H and O–H groups in total. The van der Waals surface area contributed by atoms with E-state index in [2.05, 4.69) is 36.5 Å². The molecule has 0 radical (unpaired) electrons. The van der Waals surface area contributed by atoms with Crippen molar-refractivity contribution in [2.45, 2.75) is 44.8 Å². The van der Waals surface area contributed by atoms with Gasteiger partial charge in [-0.1, -0.05) is 31.2 Å². The summed E-state index contributed by atoms with van der Waals surface area (Å²) in [6.45, 7) is 4.17. The molecule has 1 unspecified atom stereocenters. The minimum absolute atomic E-state index is 0.339. The molecule has 0 aromatic heterocycles. The van der Waals surface area contributed by atoms with Crippen LogP contribution < -0.4 is 5.32 Å². The molecule has 2 rings (SSSR count). The number of hydrogen-bond acceptors (Lipinski definition) is 2. The smallest absolute Gasteiger partial charge is 0.0713 e. The molecule has 0 saturated carbocycles. The molecule has 1 aromatic carbocycles. The van der Waals surface area contributed by atoms with Gasteiger partial charge in [0.25, 0.3) is 0 Å². The van der Waals surface area contributed by atoms with Crippen LogP contribution in [0.15, 0.2) is 24.3 Å². The lowest BCUT2D eigenvalue weighted by Gasteiger charge is -2.28. The molecule has 1 saturated heterocycles. The van der Waals surface area contributed by atoms with Crippen LogP contribution in [0.25, 0.3) is 0 Å². The lowest BCUT2D eigenvalue weighted by atomic mass is 9.86. The van der Waals surface area contributed by atoms with E-state index >= 15 is 0 Å². The highest BCUT2D eigenvalue weighted by Gasteiger charge is 2.31. The van der Waals surface area contributed by atoms with Gasteiger partial charge in [0.05, 0.1) is 6.61 Å². The van der Waals surface area contributed by atoms with Crippen molar-refractivity contribution >= 4 is 0 Å². The molecule has 1 aliphatic rings. The minimum atomic E-state index is 0.339. The Morgan fingerprint density at radius 2 is 2.18 bits per heavy atom. The van der Waals surface area contributed by atoms with Gasteiger partial charge in [-0.05, 0) is 43.4 Å². The maximum atomic E-state index is 5.19. The minimum Gasteiger partial charge on any atom is -0.380 e. The summed E-state index contributed by atoms with van der Waals surface area (Å²) in [4.78, 5) is 0. The fourth-order valence-corrected chi connectivity index (χ4v) is 2.83. The molecular weight excluding hydrogens is 210 g/mol. The van der Waals surface area contributed by atoms with Crippen molar-refractivity contribution in [2.75, 3.05) is 13.7 Å². The molecule has 1 aromatic rings. The molecule has 1 heterocycles. The SMILES string of the molecule is CCC1(Cc2cccc(COC)c2)CCCN1.